The second-order valence-electron chi connectivity index (χ2n) is 3.59. The normalized spacial score (nSPS) is 10.5. The smallest absolute Gasteiger partial charge is 0.123 e. The van der Waals surface area contributed by atoms with Crippen molar-refractivity contribution in [2.75, 3.05) is 0 Å². The number of benzene rings is 2. The molecule has 3 heteroatoms. The molecule has 0 N–H and O–H groups in total. The lowest BCUT2D eigenvalue weighted by atomic mass is 10.0. The fourth-order valence-electron chi connectivity index (χ4n) is 1.53. The summed E-state index contributed by atoms with van der Waals surface area (Å²) in [7, 11) is 0. The van der Waals surface area contributed by atoms with Crippen molar-refractivity contribution in [1.82, 2.24) is 0 Å². The molecule has 0 spiro atoms. The average molecular weight is 347 g/mol. The number of hydrogen-bond donors (Lipinski definition) is 0. The first kappa shape index (κ1) is 11.9. The third-order valence-electron chi connectivity index (χ3n) is 2.40. The maximum atomic E-state index is 13.2. The first-order chi connectivity index (χ1) is 7.58. The van der Waals surface area contributed by atoms with Gasteiger partial charge in [0.15, 0.2) is 0 Å². The highest BCUT2D eigenvalue weighted by atomic mass is 127. The van der Waals surface area contributed by atoms with E-state index in [1.165, 1.54) is 6.07 Å². The Morgan fingerprint density at radius 3 is 2.56 bits per heavy atom. The first-order valence-corrected chi connectivity index (χ1v) is 6.25. The van der Waals surface area contributed by atoms with Crippen LogP contribution in [0.4, 0.5) is 4.39 Å². The molecule has 0 aliphatic heterocycles. The van der Waals surface area contributed by atoms with Crippen molar-refractivity contribution >= 4 is 34.2 Å². The second kappa shape index (κ2) is 4.72. The van der Waals surface area contributed by atoms with E-state index < -0.39 is 0 Å². The van der Waals surface area contributed by atoms with Crippen LogP contribution in [0.3, 0.4) is 0 Å². The van der Waals surface area contributed by atoms with Crippen LogP contribution >= 0.6 is 34.2 Å². The summed E-state index contributed by atoms with van der Waals surface area (Å²) in [6, 6.07) is 10.5. The Balaban J connectivity index is 2.58. The molecule has 0 unspecified atom stereocenters. The molecule has 0 saturated heterocycles. The van der Waals surface area contributed by atoms with Crippen LogP contribution in [0.5, 0.6) is 0 Å². The van der Waals surface area contributed by atoms with Crippen molar-refractivity contribution < 1.29 is 4.39 Å². The number of hydrogen-bond acceptors (Lipinski definition) is 0. The Kier molecular flexibility index (Phi) is 3.50. The highest BCUT2D eigenvalue weighted by Gasteiger charge is 2.06. The predicted octanol–water partition coefficient (Wildman–Crippen LogP) is 5.06. The van der Waals surface area contributed by atoms with E-state index in [1.54, 1.807) is 12.1 Å². The minimum atomic E-state index is -0.219. The van der Waals surface area contributed by atoms with Gasteiger partial charge in [-0.2, -0.15) is 0 Å². The number of aryl methyl sites for hydroxylation is 1. The van der Waals surface area contributed by atoms with Gasteiger partial charge >= 0.3 is 0 Å². The molecule has 0 fully saturated rings. The largest absolute Gasteiger partial charge is 0.207 e. The molecule has 0 aromatic heterocycles. The average Bonchev–Trinajstić information content (AvgIpc) is 2.26. The summed E-state index contributed by atoms with van der Waals surface area (Å²) >= 11 is 8.16. The first-order valence-electron chi connectivity index (χ1n) is 4.79. The molecule has 0 heterocycles. The van der Waals surface area contributed by atoms with Crippen LogP contribution in [0, 0.1) is 16.3 Å². The summed E-state index contributed by atoms with van der Waals surface area (Å²) in [5.74, 6) is -0.219. The van der Waals surface area contributed by atoms with Crippen LogP contribution < -0.4 is 0 Å². The quantitative estimate of drug-likeness (QED) is 0.633. The second-order valence-corrected chi connectivity index (χ2v) is 5.16. The maximum absolute atomic E-state index is 13.2. The number of rotatable bonds is 1. The Morgan fingerprint density at radius 2 is 1.88 bits per heavy atom. The summed E-state index contributed by atoms with van der Waals surface area (Å²) < 4.78 is 14.2. The Morgan fingerprint density at radius 1 is 1.12 bits per heavy atom. The van der Waals surface area contributed by atoms with Crippen LogP contribution in [0.25, 0.3) is 11.1 Å². The lowest BCUT2D eigenvalue weighted by molar-refractivity contribution is 0.628. The summed E-state index contributed by atoms with van der Waals surface area (Å²) in [6.45, 7) is 1.94. The van der Waals surface area contributed by atoms with Gasteiger partial charge in [0.1, 0.15) is 5.82 Å². The van der Waals surface area contributed by atoms with Crippen molar-refractivity contribution in [3.05, 3.63) is 56.4 Å². The van der Waals surface area contributed by atoms with E-state index in [1.807, 2.05) is 25.1 Å². The lowest BCUT2D eigenvalue weighted by Crippen LogP contribution is -1.86. The monoisotopic (exact) mass is 346 g/mol. The molecule has 2 aromatic rings. The van der Waals surface area contributed by atoms with E-state index >= 15 is 0 Å². The van der Waals surface area contributed by atoms with Gasteiger partial charge in [-0.05, 0) is 76.5 Å². The van der Waals surface area contributed by atoms with Gasteiger partial charge in [0.05, 0.1) is 0 Å². The summed E-state index contributed by atoms with van der Waals surface area (Å²) in [5, 5.41) is 0.732. The highest BCUT2D eigenvalue weighted by molar-refractivity contribution is 14.1. The van der Waals surface area contributed by atoms with Crippen LogP contribution in [0.1, 0.15) is 5.56 Å². The van der Waals surface area contributed by atoms with Gasteiger partial charge in [0.25, 0.3) is 0 Å². The van der Waals surface area contributed by atoms with Crippen LogP contribution in [0.15, 0.2) is 36.4 Å². The fraction of sp³-hybridized carbons (Fsp3) is 0.0769. The molecule has 16 heavy (non-hydrogen) atoms. The van der Waals surface area contributed by atoms with Crippen molar-refractivity contribution in [2.24, 2.45) is 0 Å². The highest BCUT2D eigenvalue weighted by Crippen LogP contribution is 2.28. The van der Waals surface area contributed by atoms with E-state index in [-0.39, 0.29) is 5.82 Å². The number of halogens is 3. The molecule has 0 aliphatic carbocycles. The lowest BCUT2D eigenvalue weighted by Gasteiger charge is -2.07. The summed E-state index contributed by atoms with van der Waals surface area (Å²) in [4.78, 5) is 0. The van der Waals surface area contributed by atoms with Gasteiger partial charge in [0.2, 0.25) is 0 Å². The van der Waals surface area contributed by atoms with Crippen LogP contribution in [0.2, 0.25) is 5.02 Å². The topological polar surface area (TPSA) is 0 Å². The minimum absolute atomic E-state index is 0.219. The van der Waals surface area contributed by atoms with E-state index in [0.717, 1.165) is 25.3 Å². The molecule has 82 valence electrons. The molecular weight excluding hydrogens is 337 g/mol. The Labute approximate surface area is 113 Å². The molecule has 2 rings (SSSR count). The maximum Gasteiger partial charge on any atom is 0.123 e. The van der Waals surface area contributed by atoms with Gasteiger partial charge in [-0.15, -0.1) is 0 Å². The molecule has 0 bridgehead atoms. The molecule has 0 aliphatic rings. The van der Waals surface area contributed by atoms with Crippen LogP contribution in [-0.4, -0.2) is 0 Å². The fourth-order valence-corrected chi connectivity index (χ4v) is 2.30. The third kappa shape index (κ3) is 2.38. The zero-order valence-electron chi connectivity index (χ0n) is 8.60. The van der Waals surface area contributed by atoms with Crippen molar-refractivity contribution in [3.8, 4) is 11.1 Å². The van der Waals surface area contributed by atoms with E-state index in [9.17, 15) is 4.39 Å². The van der Waals surface area contributed by atoms with Gasteiger partial charge in [0, 0.05) is 8.59 Å². The summed E-state index contributed by atoms with van der Waals surface area (Å²) in [5.41, 5.74) is 2.89. The predicted molar refractivity (Wildman–Crippen MR) is 74.3 cm³/mol. The molecule has 2 aromatic carbocycles. The zero-order valence-corrected chi connectivity index (χ0v) is 11.5. The standard InChI is InChI=1S/C13H9ClFI/c1-8-6-9(2-4-12(8)14)11-7-10(15)3-5-13(11)16/h2-7H,1H3. The van der Waals surface area contributed by atoms with Crippen molar-refractivity contribution in [2.45, 2.75) is 6.92 Å². The SMILES string of the molecule is Cc1cc(-c2cc(F)ccc2I)ccc1Cl. The Hall–Kier alpha value is -0.610. The van der Waals surface area contributed by atoms with Gasteiger partial charge in [-0.1, -0.05) is 17.7 Å². The third-order valence-corrected chi connectivity index (χ3v) is 3.76. The Bertz CT molecular complexity index is 537. The van der Waals surface area contributed by atoms with Gasteiger partial charge in [-0.3, -0.25) is 0 Å². The molecule has 0 atom stereocenters. The van der Waals surface area contributed by atoms with E-state index in [2.05, 4.69) is 22.6 Å². The van der Waals surface area contributed by atoms with Crippen molar-refractivity contribution in [1.29, 1.82) is 0 Å². The molecule has 0 radical (unpaired) electrons. The summed E-state index contributed by atoms with van der Waals surface area (Å²) in [6.07, 6.45) is 0. The van der Waals surface area contributed by atoms with Gasteiger partial charge in [-0.25, -0.2) is 4.39 Å². The van der Waals surface area contributed by atoms with Gasteiger partial charge < -0.3 is 0 Å². The van der Waals surface area contributed by atoms with E-state index in [0.29, 0.717) is 0 Å². The molecule has 0 nitrogen and oxygen atoms in total. The van der Waals surface area contributed by atoms with Crippen molar-refractivity contribution in [3.63, 3.8) is 0 Å². The molecule has 0 saturated carbocycles. The molecular formula is C13H9ClFI. The van der Waals surface area contributed by atoms with E-state index in [4.69, 9.17) is 11.6 Å². The minimum Gasteiger partial charge on any atom is -0.207 e. The molecule has 0 amide bonds. The van der Waals surface area contributed by atoms with Crippen LogP contribution in [-0.2, 0) is 0 Å². The zero-order chi connectivity index (χ0) is 11.7.